The van der Waals surface area contributed by atoms with Gasteiger partial charge in [0.1, 0.15) is 0 Å². The van der Waals surface area contributed by atoms with Gasteiger partial charge in [0, 0.05) is 55.0 Å². The Bertz CT molecular complexity index is 1250. The molecule has 0 N–H and O–H groups in total. The van der Waals surface area contributed by atoms with Gasteiger partial charge in [-0.2, -0.15) is 5.10 Å². The van der Waals surface area contributed by atoms with Gasteiger partial charge < -0.3 is 4.90 Å². The van der Waals surface area contributed by atoms with Crippen LogP contribution in [-0.4, -0.2) is 32.1 Å². The summed E-state index contributed by atoms with van der Waals surface area (Å²) in [5.41, 5.74) is 4.86. The van der Waals surface area contributed by atoms with E-state index in [-0.39, 0.29) is 11.3 Å². The second-order valence-corrected chi connectivity index (χ2v) is 8.15. The molecule has 3 aromatic rings. The van der Waals surface area contributed by atoms with Crippen LogP contribution in [0.1, 0.15) is 48.7 Å². The third-order valence-electron chi connectivity index (χ3n) is 6.11. The molecule has 0 amide bonds. The van der Waals surface area contributed by atoms with Gasteiger partial charge >= 0.3 is 0 Å². The number of Topliss-reactive ketones (excluding diaryl/α,β-unsaturated/α-hetero) is 1. The number of benzene rings is 1. The lowest BCUT2D eigenvalue weighted by Crippen LogP contribution is -2.26. The van der Waals surface area contributed by atoms with Crippen molar-refractivity contribution in [3.05, 3.63) is 59.3 Å². The summed E-state index contributed by atoms with van der Waals surface area (Å²) in [5, 5.41) is 4.14. The molecule has 6 nitrogen and oxygen atoms in total. The summed E-state index contributed by atoms with van der Waals surface area (Å²) in [7, 11) is 1.77. The molecule has 164 valence electrons. The van der Waals surface area contributed by atoms with E-state index in [0.29, 0.717) is 47.6 Å². The molecular formula is C24H23F2N5O. The number of ketones is 1. The predicted octanol–water partition coefficient (Wildman–Crippen LogP) is 4.82. The van der Waals surface area contributed by atoms with E-state index in [2.05, 4.69) is 10.1 Å². The van der Waals surface area contributed by atoms with Crippen LogP contribution < -0.4 is 4.90 Å². The summed E-state index contributed by atoms with van der Waals surface area (Å²) in [6.45, 7) is 2.47. The summed E-state index contributed by atoms with van der Waals surface area (Å²) in [5.74, 6) is 0.617. The zero-order valence-electron chi connectivity index (χ0n) is 18.0. The van der Waals surface area contributed by atoms with E-state index >= 15 is 0 Å². The van der Waals surface area contributed by atoms with E-state index in [1.165, 1.54) is 0 Å². The van der Waals surface area contributed by atoms with Crippen molar-refractivity contribution in [2.24, 2.45) is 7.05 Å². The van der Waals surface area contributed by atoms with Gasteiger partial charge in [0.05, 0.1) is 23.8 Å². The van der Waals surface area contributed by atoms with Crippen molar-refractivity contribution in [1.82, 2.24) is 19.7 Å². The molecule has 0 fully saturated rings. The lowest BCUT2D eigenvalue weighted by atomic mass is 9.93. The molecule has 2 aliphatic rings. The van der Waals surface area contributed by atoms with Gasteiger partial charge in [0.25, 0.3) is 6.43 Å². The molecule has 0 unspecified atom stereocenters. The summed E-state index contributed by atoms with van der Waals surface area (Å²) in [6, 6.07) is 3.43. The molecule has 0 radical (unpaired) electrons. The highest BCUT2D eigenvalue weighted by atomic mass is 19.3. The number of allylic oxidation sites excluding steroid dienone is 2. The molecule has 1 aliphatic carbocycles. The number of alkyl halides is 2. The Morgan fingerprint density at radius 3 is 2.81 bits per heavy atom. The van der Waals surface area contributed by atoms with Crippen LogP contribution in [0.5, 0.6) is 0 Å². The minimum atomic E-state index is -2.62. The fourth-order valence-corrected chi connectivity index (χ4v) is 4.51. The first-order valence-electron chi connectivity index (χ1n) is 10.8. The third-order valence-corrected chi connectivity index (χ3v) is 6.11. The van der Waals surface area contributed by atoms with Crippen LogP contribution in [0.2, 0.25) is 0 Å². The zero-order chi connectivity index (χ0) is 22.4. The number of rotatable bonds is 5. The van der Waals surface area contributed by atoms with E-state index in [1.54, 1.807) is 36.4 Å². The lowest BCUT2D eigenvalue weighted by molar-refractivity contribution is -0.113. The summed E-state index contributed by atoms with van der Waals surface area (Å²) in [4.78, 5) is 23.5. The highest BCUT2D eigenvalue weighted by Crippen LogP contribution is 2.41. The van der Waals surface area contributed by atoms with Gasteiger partial charge in [-0.3, -0.25) is 14.5 Å². The van der Waals surface area contributed by atoms with Crippen LogP contribution in [0.25, 0.3) is 16.7 Å². The molecule has 0 saturated heterocycles. The van der Waals surface area contributed by atoms with E-state index < -0.39 is 6.43 Å². The summed E-state index contributed by atoms with van der Waals surface area (Å²) >= 11 is 0. The molecule has 8 heteroatoms. The number of carbonyl (C=O) groups is 1. The zero-order valence-corrected chi connectivity index (χ0v) is 18.0. The Kier molecular flexibility index (Phi) is 5.07. The average Bonchev–Trinajstić information content (AvgIpc) is 3.43. The first-order valence-corrected chi connectivity index (χ1v) is 10.8. The van der Waals surface area contributed by atoms with E-state index in [4.69, 9.17) is 4.98 Å². The molecule has 0 atom stereocenters. The predicted molar refractivity (Wildman–Crippen MR) is 118 cm³/mol. The van der Waals surface area contributed by atoms with Gasteiger partial charge in [-0.05, 0) is 36.1 Å². The second kappa shape index (κ2) is 7.93. The molecule has 2 aromatic heterocycles. The SMILES string of the molecule is CCC(=O)C1=CCc2ncc(N3CCCc4cc(-c5cnn(C)c5)c(C(F)F)cc43)nc21. The van der Waals surface area contributed by atoms with E-state index in [9.17, 15) is 13.6 Å². The Balaban J connectivity index is 1.59. The van der Waals surface area contributed by atoms with Gasteiger partial charge in [-0.15, -0.1) is 0 Å². The quantitative estimate of drug-likeness (QED) is 0.575. The Hall–Kier alpha value is -3.42. The molecule has 32 heavy (non-hydrogen) atoms. The van der Waals surface area contributed by atoms with Crippen molar-refractivity contribution in [2.45, 2.75) is 39.0 Å². The van der Waals surface area contributed by atoms with Gasteiger partial charge in [-0.25, -0.2) is 13.8 Å². The third kappa shape index (κ3) is 3.39. The maximum Gasteiger partial charge on any atom is 0.264 e. The number of hydrogen-bond acceptors (Lipinski definition) is 5. The molecule has 5 rings (SSSR count). The summed E-state index contributed by atoms with van der Waals surface area (Å²) in [6.07, 6.45) is 6.93. The highest BCUT2D eigenvalue weighted by molar-refractivity contribution is 6.21. The maximum absolute atomic E-state index is 14.1. The Morgan fingerprint density at radius 2 is 2.09 bits per heavy atom. The number of aromatic nitrogens is 4. The van der Waals surface area contributed by atoms with Crippen molar-refractivity contribution < 1.29 is 13.6 Å². The average molecular weight is 435 g/mol. The highest BCUT2D eigenvalue weighted by Gasteiger charge is 2.28. The second-order valence-electron chi connectivity index (χ2n) is 8.15. The largest absolute Gasteiger partial charge is 0.325 e. The number of halogens is 2. The van der Waals surface area contributed by atoms with Crippen LogP contribution in [0.3, 0.4) is 0 Å². The monoisotopic (exact) mass is 435 g/mol. The lowest BCUT2D eigenvalue weighted by Gasteiger charge is -2.31. The number of nitrogens with zero attached hydrogens (tertiary/aromatic N) is 5. The molecule has 1 aromatic carbocycles. The van der Waals surface area contributed by atoms with Crippen LogP contribution in [0.4, 0.5) is 20.3 Å². The Morgan fingerprint density at radius 1 is 1.25 bits per heavy atom. The minimum absolute atomic E-state index is 0.0282. The molecule has 1 aliphatic heterocycles. The van der Waals surface area contributed by atoms with Crippen LogP contribution in [0.15, 0.2) is 36.8 Å². The van der Waals surface area contributed by atoms with Gasteiger partial charge in [0.15, 0.2) is 11.6 Å². The molecule has 0 bridgehead atoms. The molecule has 3 heterocycles. The summed E-state index contributed by atoms with van der Waals surface area (Å²) < 4.78 is 29.7. The maximum atomic E-state index is 14.1. The van der Waals surface area contributed by atoms with E-state index in [0.717, 1.165) is 29.8 Å². The number of hydrogen-bond donors (Lipinski definition) is 0. The first kappa shape index (κ1) is 20.5. The van der Waals surface area contributed by atoms with E-state index in [1.807, 2.05) is 24.0 Å². The number of fused-ring (bicyclic) bond motifs is 2. The minimum Gasteiger partial charge on any atom is -0.325 e. The number of carbonyl (C=O) groups excluding carboxylic acids is 1. The van der Waals surface area contributed by atoms with Gasteiger partial charge in [0.2, 0.25) is 0 Å². The van der Waals surface area contributed by atoms with Crippen molar-refractivity contribution >= 4 is 22.9 Å². The normalized spacial score (nSPS) is 15.0. The van der Waals surface area contributed by atoms with Crippen molar-refractivity contribution in [2.75, 3.05) is 11.4 Å². The molecule has 0 saturated carbocycles. The van der Waals surface area contributed by atoms with Crippen molar-refractivity contribution in [1.29, 1.82) is 0 Å². The number of aryl methyl sites for hydroxylation is 2. The Labute approximate surface area is 184 Å². The van der Waals surface area contributed by atoms with Crippen LogP contribution in [-0.2, 0) is 24.7 Å². The fraction of sp³-hybridized carbons (Fsp3) is 0.333. The fourth-order valence-electron chi connectivity index (χ4n) is 4.51. The van der Waals surface area contributed by atoms with Crippen LogP contribution in [0, 0.1) is 0 Å². The topological polar surface area (TPSA) is 63.9 Å². The molecular weight excluding hydrogens is 412 g/mol. The van der Waals surface area contributed by atoms with Gasteiger partial charge in [-0.1, -0.05) is 13.0 Å². The smallest absolute Gasteiger partial charge is 0.264 e. The molecule has 0 spiro atoms. The standard InChI is InChI=1S/C24H23F2N5O/c1-3-21(32)16-6-7-19-23(16)29-22(12-27-19)31-8-4-5-14-9-17(15-11-28-30(2)13-15)18(24(25)26)10-20(14)31/h6,9-13,24H,3-5,7-8H2,1-2H3. The number of anilines is 2. The van der Waals surface area contributed by atoms with Crippen LogP contribution >= 0.6 is 0 Å². The van der Waals surface area contributed by atoms with Crippen molar-refractivity contribution in [3.8, 4) is 11.1 Å². The van der Waals surface area contributed by atoms with Crippen molar-refractivity contribution in [3.63, 3.8) is 0 Å². The first-order chi connectivity index (χ1) is 15.5.